The number of rotatable bonds is 1. The number of carbonyl (C=O) groups is 1. The second-order valence-electron chi connectivity index (χ2n) is 6.03. The predicted octanol–water partition coefficient (Wildman–Crippen LogP) is 2.21. The Labute approximate surface area is 119 Å². The molecule has 2 aliphatic heterocycles. The van der Waals surface area contributed by atoms with Crippen LogP contribution < -0.4 is 5.32 Å². The molecule has 2 atom stereocenters. The van der Waals surface area contributed by atoms with Gasteiger partial charge >= 0.3 is 0 Å². The van der Waals surface area contributed by atoms with Gasteiger partial charge in [0.1, 0.15) is 5.82 Å². The van der Waals surface area contributed by atoms with E-state index < -0.39 is 5.82 Å². The summed E-state index contributed by atoms with van der Waals surface area (Å²) < 4.78 is 13.9. The molecule has 1 aromatic carbocycles. The maximum absolute atomic E-state index is 13.9. The minimum absolute atomic E-state index is 0.157. The standard InChI is InChI=1S/C16H21FN2O/c1-11-2-3-14(15(17)8-11)16(20)19-6-4-12-9-18-10-13(12)5-7-19/h2-3,8,12-13,18H,4-7,9-10H2,1H3/t12-,13+. The number of halogens is 1. The summed E-state index contributed by atoms with van der Waals surface area (Å²) in [5, 5.41) is 3.42. The van der Waals surface area contributed by atoms with Crippen LogP contribution in [-0.2, 0) is 0 Å². The van der Waals surface area contributed by atoms with Crippen LogP contribution in [-0.4, -0.2) is 37.0 Å². The van der Waals surface area contributed by atoms with Crippen molar-refractivity contribution in [2.24, 2.45) is 11.8 Å². The quantitative estimate of drug-likeness (QED) is 0.853. The highest BCUT2D eigenvalue weighted by molar-refractivity contribution is 5.94. The molecule has 1 N–H and O–H groups in total. The largest absolute Gasteiger partial charge is 0.339 e. The van der Waals surface area contributed by atoms with E-state index in [2.05, 4.69) is 5.32 Å². The zero-order valence-electron chi connectivity index (χ0n) is 11.9. The van der Waals surface area contributed by atoms with Gasteiger partial charge in [0, 0.05) is 13.1 Å². The number of carbonyl (C=O) groups excluding carboxylic acids is 1. The highest BCUT2D eigenvalue weighted by Crippen LogP contribution is 2.28. The van der Waals surface area contributed by atoms with Crippen molar-refractivity contribution in [3.05, 3.63) is 35.1 Å². The Bertz CT molecular complexity index is 503. The van der Waals surface area contributed by atoms with Crippen LogP contribution >= 0.6 is 0 Å². The number of hydrogen-bond acceptors (Lipinski definition) is 2. The average molecular weight is 276 g/mol. The third-order valence-electron chi connectivity index (χ3n) is 4.66. The van der Waals surface area contributed by atoms with E-state index in [1.807, 2.05) is 11.8 Å². The molecule has 3 rings (SSSR count). The van der Waals surface area contributed by atoms with Crippen LogP contribution in [0.5, 0.6) is 0 Å². The zero-order valence-corrected chi connectivity index (χ0v) is 11.9. The number of hydrogen-bond donors (Lipinski definition) is 1. The second-order valence-corrected chi connectivity index (χ2v) is 6.03. The first-order valence-electron chi connectivity index (χ1n) is 7.41. The van der Waals surface area contributed by atoms with E-state index in [1.54, 1.807) is 12.1 Å². The van der Waals surface area contributed by atoms with Gasteiger partial charge < -0.3 is 10.2 Å². The Balaban J connectivity index is 1.74. The number of benzene rings is 1. The smallest absolute Gasteiger partial charge is 0.256 e. The number of nitrogens with zero attached hydrogens (tertiary/aromatic N) is 1. The maximum atomic E-state index is 13.9. The van der Waals surface area contributed by atoms with Gasteiger partial charge in [-0.3, -0.25) is 4.79 Å². The van der Waals surface area contributed by atoms with E-state index in [-0.39, 0.29) is 11.5 Å². The van der Waals surface area contributed by atoms with E-state index in [1.165, 1.54) is 6.07 Å². The minimum Gasteiger partial charge on any atom is -0.339 e. The van der Waals surface area contributed by atoms with E-state index in [0.717, 1.165) is 44.6 Å². The molecule has 2 saturated heterocycles. The fraction of sp³-hybridized carbons (Fsp3) is 0.562. The first-order chi connectivity index (χ1) is 9.65. The van der Waals surface area contributed by atoms with Crippen molar-refractivity contribution < 1.29 is 9.18 Å². The number of nitrogens with one attached hydrogen (secondary N) is 1. The Morgan fingerprint density at radius 2 is 1.90 bits per heavy atom. The van der Waals surface area contributed by atoms with Crippen LogP contribution in [0.25, 0.3) is 0 Å². The van der Waals surface area contributed by atoms with E-state index >= 15 is 0 Å². The Morgan fingerprint density at radius 3 is 2.50 bits per heavy atom. The van der Waals surface area contributed by atoms with Crippen molar-refractivity contribution in [1.82, 2.24) is 10.2 Å². The van der Waals surface area contributed by atoms with Crippen molar-refractivity contribution >= 4 is 5.91 Å². The minimum atomic E-state index is -0.402. The lowest BCUT2D eigenvalue weighted by atomic mass is 9.92. The molecular formula is C16H21FN2O. The van der Waals surface area contributed by atoms with Crippen molar-refractivity contribution in [3.63, 3.8) is 0 Å². The Morgan fingerprint density at radius 1 is 1.25 bits per heavy atom. The van der Waals surface area contributed by atoms with Gasteiger partial charge in [-0.25, -0.2) is 4.39 Å². The molecule has 0 spiro atoms. The molecule has 0 radical (unpaired) electrons. The second kappa shape index (κ2) is 5.52. The summed E-state index contributed by atoms with van der Waals surface area (Å²) in [5.74, 6) is 0.794. The van der Waals surface area contributed by atoms with E-state index in [4.69, 9.17) is 0 Å². The normalized spacial score (nSPS) is 26.2. The van der Waals surface area contributed by atoms with Gasteiger partial charge in [0.2, 0.25) is 0 Å². The van der Waals surface area contributed by atoms with Gasteiger partial charge in [-0.05, 0) is 62.4 Å². The molecular weight excluding hydrogens is 255 g/mol. The average Bonchev–Trinajstić information content (AvgIpc) is 2.77. The monoisotopic (exact) mass is 276 g/mol. The molecule has 0 aliphatic carbocycles. The number of amides is 1. The molecule has 0 saturated carbocycles. The highest BCUT2D eigenvalue weighted by Gasteiger charge is 2.32. The number of likely N-dealkylation sites (tertiary alicyclic amines) is 1. The van der Waals surface area contributed by atoms with Crippen LogP contribution in [0.4, 0.5) is 4.39 Å². The van der Waals surface area contributed by atoms with Crippen molar-refractivity contribution in [3.8, 4) is 0 Å². The maximum Gasteiger partial charge on any atom is 0.256 e. The molecule has 2 heterocycles. The molecule has 3 nitrogen and oxygen atoms in total. The summed E-state index contributed by atoms with van der Waals surface area (Å²) in [7, 11) is 0. The molecule has 0 unspecified atom stereocenters. The lowest BCUT2D eigenvalue weighted by molar-refractivity contribution is 0.0754. The predicted molar refractivity (Wildman–Crippen MR) is 76.1 cm³/mol. The number of aryl methyl sites for hydroxylation is 1. The summed E-state index contributed by atoms with van der Waals surface area (Å²) in [6, 6.07) is 4.84. The van der Waals surface area contributed by atoms with Crippen LogP contribution in [0.1, 0.15) is 28.8 Å². The molecule has 4 heteroatoms. The Hall–Kier alpha value is -1.42. The third kappa shape index (κ3) is 2.57. The van der Waals surface area contributed by atoms with Gasteiger partial charge in [-0.2, -0.15) is 0 Å². The van der Waals surface area contributed by atoms with Crippen molar-refractivity contribution in [2.75, 3.05) is 26.2 Å². The van der Waals surface area contributed by atoms with Crippen LogP contribution in [0, 0.1) is 24.6 Å². The number of fused-ring (bicyclic) bond motifs is 1. The molecule has 0 bridgehead atoms. The molecule has 1 aromatic rings. The SMILES string of the molecule is Cc1ccc(C(=O)N2CC[C@@H]3CNC[C@@H]3CC2)c(F)c1. The Kier molecular flexibility index (Phi) is 3.74. The zero-order chi connectivity index (χ0) is 14.1. The summed E-state index contributed by atoms with van der Waals surface area (Å²) in [6.07, 6.45) is 2.05. The fourth-order valence-electron chi connectivity index (χ4n) is 3.39. The lowest BCUT2D eigenvalue weighted by Gasteiger charge is -2.21. The van der Waals surface area contributed by atoms with Gasteiger partial charge in [-0.1, -0.05) is 6.07 Å². The van der Waals surface area contributed by atoms with Gasteiger partial charge in [0.15, 0.2) is 0 Å². The molecule has 2 fully saturated rings. The lowest BCUT2D eigenvalue weighted by Crippen LogP contribution is -2.33. The van der Waals surface area contributed by atoms with E-state index in [0.29, 0.717) is 11.8 Å². The summed E-state index contributed by atoms with van der Waals surface area (Å²) >= 11 is 0. The summed E-state index contributed by atoms with van der Waals surface area (Å²) in [4.78, 5) is 14.3. The first kappa shape index (κ1) is 13.6. The van der Waals surface area contributed by atoms with E-state index in [9.17, 15) is 9.18 Å². The fourth-order valence-corrected chi connectivity index (χ4v) is 3.39. The first-order valence-corrected chi connectivity index (χ1v) is 7.41. The van der Waals surface area contributed by atoms with Gasteiger partial charge in [0.25, 0.3) is 5.91 Å². The molecule has 2 aliphatic rings. The van der Waals surface area contributed by atoms with Gasteiger partial charge in [0.05, 0.1) is 5.56 Å². The van der Waals surface area contributed by atoms with Crippen LogP contribution in [0.3, 0.4) is 0 Å². The molecule has 1 amide bonds. The third-order valence-corrected chi connectivity index (χ3v) is 4.66. The van der Waals surface area contributed by atoms with Crippen LogP contribution in [0.15, 0.2) is 18.2 Å². The van der Waals surface area contributed by atoms with Gasteiger partial charge in [-0.15, -0.1) is 0 Å². The summed E-state index contributed by atoms with van der Waals surface area (Å²) in [6.45, 7) is 5.44. The topological polar surface area (TPSA) is 32.3 Å². The summed E-state index contributed by atoms with van der Waals surface area (Å²) in [5.41, 5.74) is 1.05. The van der Waals surface area contributed by atoms with Crippen molar-refractivity contribution in [1.29, 1.82) is 0 Å². The molecule has 108 valence electrons. The van der Waals surface area contributed by atoms with Crippen LogP contribution in [0.2, 0.25) is 0 Å². The molecule has 0 aromatic heterocycles. The van der Waals surface area contributed by atoms with Crippen molar-refractivity contribution in [2.45, 2.75) is 19.8 Å². The highest BCUT2D eigenvalue weighted by atomic mass is 19.1. The molecule has 20 heavy (non-hydrogen) atoms.